The van der Waals surface area contributed by atoms with E-state index in [1.165, 1.54) is 43.9 Å². The second-order valence-electron chi connectivity index (χ2n) is 6.88. The SMILES string of the molecule is CCn1c(SCC(=O)NCC2CCCCC2)nnc1-c1ccc(OC)cc1. The van der Waals surface area contributed by atoms with Gasteiger partial charge in [0, 0.05) is 18.7 Å². The molecule has 0 atom stereocenters. The van der Waals surface area contributed by atoms with Crippen molar-refractivity contribution in [3.05, 3.63) is 24.3 Å². The van der Waals surface area contributed by atoms with E-state index in [0.29, 0.717) is 11.7 Å². The van der Waals surface area contributed by atoms with Gasteiger partial charge < -0.3 is 14.6 Å². The third kappa shape index (κ3) is 5.25. The van der Waals surface area contributed by atoms with Crippen molar-refractivity contribution in [2.75, 3.05) is 19.4 Å². The molecule has 0 radical (unpaired) electrons. The Labute approximate surface area is 165 Å². The lowest BCUT2D eigenvalue weighted by molar-refractivity contribution is -0.118. The summed E-state index contributed by atoms with van der Waals surface area (Å²) in [5, 5.41) is 12.5. The van der Waals surface area contributed by atoms with E-state index < -0.39 is 0 Å². The summed E-state index contributed by atoms with van der Waals surface area (Å²) in [6.07, 6.45) is 6.40. The van der Waals surface area contributed by atoms with E-state index in [1.807, 2.05) is 28.8 Å². The Bertz CT molecular complexity index is 739. The Balaban J connectivity index is 1.56. The zero-order valence-electron chi connectivity index (χ0n) is 16.1. The summed E-state index contributed by atoms with van der Waals surface area (Å²) in [5.74, 6) is 2.71. The number of rotatable bonds is 8. The van der Waals surface area contributed by atoms with Gasteiger partial charge in [-0.2, -0.15) is 0 Å². The Kier molecular flexibility index (Phi) is 7.15. The first-order valence-electron chi connectivity index (χ1n) is 9.68. The minimum Gasteiger partial charge on any atom is -0.497 e. The predicted octanol–water partition coefficient (Wildman–Crippen LogP) is 3.76. The molecule has 7 heteroatoms. The topological polar surface area (TPSA) is 69.0 Å². The van der Waals surface area contributed by atoms with Crippen LogP contribution in [0.25, 0.3) is 11.4 Å². The molecular formula is C20H28N4O2S. The summed E-state index contributed by atoms with van der Waals surface area (Å²) in [4.78, 5) is 12.2. The van der Waals surface area contributed by atoms with Crippen molar-refractivity contribution in [3.8, 4) is 17.1 Å². The van der Waals surface area contributed by atoms with E-state index in [0.717, 1.165) is 35.4 Å². The summed E-state index contributed by atoms with van der Waals surface area (Å²) in [5.41, 5.74) is 0.985. The van der Waals surface area contributed by atoms with Crippen LogP contribution in [0.4, 0.5) is 0 Å². The zero-order valence-corrected chi connectivity index (χ0v) is 16.9. The first-order chi connectivity index (χ1) is 13.2. The fourth-order valence-corrected chi connectivity index (χ4v) is 4.30. The van der Waals surface area contributed by atoms with Crippen LogP contribution in [0.15, 0.2) is 29.4 Å². The lowest BCUT2D eigenvalue weighted by atomic mass is 9.89. The Morgan fingerprint density at radius 3 is 2.63 bits per heavy atom. The van der Waals surface area contributed by atoms with Crippen LogP contribution < -0.4 is 10.1 Å². The number of carbonyl (C=O) groups is 1. The van der Waals surface area contributed by atoms with Crippen LogP contribution in [-0.4, -0.2) is 40.1 Å². The van der Waals surface area contributed by atoms with Gasteiger partial charge >= 0.3 is 0 Å². The lowest BCUT2D eigenvalue weighted by Gasteiger charge is -2.21. The number of thioether (sulfide) groups is 1. The number of methoxy groups -OCH3 is 1. The molecule has 1 aromatic carbocycles. The van der Waals surface area contributed by atoms with Crippen LogP contribution in [-0.2, 0) is 11.3 Å². The molecule has 3 rings (SSSR count). The monoisotopic (exact) mass is 388 g/mol. The summed E-state index contributed by atoms with van der Waals surface area (Å²) in [6, 6.07) is 7.77. The van der Waals surface area contributed by atoms with Crippen LogP contribution in [0.1, 0.15) is 39.0 Å². The highest BCUT2D eigenvalue weighted by Crippen LogP contribution is 2.26. The van der Waals surface area contributed by atoms with Gasteiger partial charge in [-0.15, -0.1) is 10.2 Å². The summed E-state index contributed by atoms with van der Waals surface area (Å²) >= 11 is 1.44. The molecule has 0 bridgehead atoms. The zero-order chi connectivity index (χ0) is 19.1. The van der Waals surface area contributed by atoms with Crippen LogP contribution >= 0.6 is 11.8 Å². The molecule has 1 aliphatic carbocycles. The molecule has 0 spiro atoms. The van der Waals surface area contributed by atoms with Gasteiger partial charge in [-0.3, -0.25) is 4.79 Å². The van der Waals surface area contributed by atoms with Crippen molar-refractivity contribution in [3.63, 3.8) is 0 Å². The van der Waals surface area contributed by atoms with Gasteiger partial charge in [-0.1, -0.05) is 31.0 Å². The van der Waals surface area contributed by atoms with Gasteiger partial charge in [-0.05, 0) is 49.9 Å². The number of nitrogens with zero attached hydrogens (tertiary/aromatic N) is 3. The maximum Gasteiger partial charge on any atom is 0.230 e. The van der Waals surface area contributed by atoms with Crippen molar-refractivity contribution in [2.24, 2.45) is 5.92 Å². The smallest absolute Gasteiger partial charge is 0.230 e. The fourth-order valence-electron chi connectivity index (χ4n) is 3.46. The second kappa shape index (κ2) is 9.78. The number of hydrogen-bond acceptors (Lipinski definition) is 5. The van der Waals surface area contributed by atoms with E-state index in [1.54, 1.807) is 7.11 Å². The van der Waals surface area contributed by atoms with Crippen LogP contribution in [0.3, 0.4) is 0 Å². The largest absolute Gasteiger partial charge is 0.497 e. The van der Waals surface area contributed by atoms with Crippen molar-refractivity contribution >= 4 is 17.7 Å². The standard InChI is InChI=1S/C20H28N4O2S/c1-3-24-19(16-9-11-17(26-2)12-10-16)22-23-20(24)27-14-18(25)21-13-15-7-5-4-6-8-15/h9-12,15H,3-8,13-14H2,1-2H3,(H,21,25). The maximum atomic E-state index is 12.2. The second-order valence-corrected chi connectivity index (χ2v) is 7.82. The van der Waals surface area contributed by atoms with Crippen molar-refractivity contribution in [1.82, 2.24) is 20.1 Å². The summed E-state index contributed by atoms with van der Waals surface area (Å²) < 4.78 is 7.25. The minimum absolute atomic E-state index is 0.0715. The molecule has 1 saturated carbocycles. The number of ether oxygens (including phenoxy) is 1. The first-order valence-corrected chi connectivity index (χ1v) is 10.7. The molecule has 0 unspecified atom stereocenters. The van der Waals surface area contributed by atoms with Gasteiger partial charge in [0.1, 0.15) is 5.75 Å². The van der Waals surface area contributed by atoms with Gasteiger partial charge in [0.2, 0.25) is 5.91 Å². The third-order valence-corrected chi connectivity index (χ3v) is 5.99. The summed E-state index contributed by atoms with van der Waals surface area (Å²) in [6.45, 7) is 3.61. The molecule has 1 fully saturated rings. The molecule has 1 aliphatic rings. The van der Waals surface area contributed by atoms with Crippen LogP contribution in [0, 0.1) is 5.92 Å². The molecular weight excluding hydrogens is 360 g/mol. The number of carbonyl (C=O) groups excluding carboxylic acids is 1. The highest BCUT2D eigenvalue weighted by molar-refractivity contribution is 7.99. The Morgan fingerprint density at radius 1 is 1.22 bits per heavy atom. The van der Waals surface area contributed by atoms with Crippen molar-refractivity contribution < 1.29 is 9.53 Å². The third-order valence-electron chi connectivity index (χ3n) is 5.03. The summed E-state index contributed by atoms with van der Waals surface area (Å²) in [7, 11) is 1.65. The number of amides is 1. The van der Waals surface area contributed by atoms with Gasteiger partial charge in [0.25, 0.3) is 0 Å². The molecule has 0 aliphatic heterocycles. The maximum absolute atomic E-state index is 12.2. The average molecular weight is 389 g/mol. The highest BCUT2D eigenvalue weighted by Gasteiger charge is 2.17. The number of aromatic nitrogens is 3. The molecule has 1 aromatic heterocycles. The first kappa shape index (κ1) is 19.7. The molecule has 1 heterocycles. The highest BCUT2D eigenvalue weighted by atomic mass is 32.2. The number of benzene rings is 1. The van der Waals surface area contributed by atoms with E-state index >= 15 is 0 Å². The number of hydrogen-bond donors (Lipinski definition) is 1. The molecule has 1 N–H and O–H groups in total. The number of nitrogens with one attached hydrogen (secondary N) is 1. The fraction of sp³-hybridized carbons (Fsp3) is 0.550. The lowest BCUT2D eigenvalue weighted by Crippen LogP contribution is -2.31. The van der Waals surface area contributed by atoms with Gasteiger partial charge in [0.05, 0.1) is 12.9 Å². The van der Waals surface area contributed by atoms with E-state index in [-0.39, 0.29) is 5.91 Å². The molecule has 2 aromatic rings. The normalized spacial score (nSPS) is 14.9. The van der Waals surface area contributed by atoms with E-state index in [4.69, 9.17) is 4.74 Å². The van der Waals surface area contributed by atoms with Crippen molar-refractivity contribution in [2.45, 2.75) is 50.7 Å². The molecule has 1 amide bonds. The predicted molar refractivity (Wildman–Crippen MR) is 108 cm³/mol. The molecule has 146 valence electrons. The molecule has 0 saturated heterocycles. The quantitative estimate of drug-likeness (QED) is 0.697. The van der Waals surface area contributed by atoms with Crippen molar-refractivity contribution in [1.29, 1.82) is 0 Å². The average Bonchev–Trinajstić information content (AvgIpc) is 3.14. The van der Waals surface area contributed by atoms with Crippen LogP contribution in [0.5, 0.6) is 5.75 Å². The Morgan fingerprint density at radius 2 is 1.96 bits per heavy atom. The minimum atomic E-state index is 0.0715. The molecule has 6 nitrogen and oxygen atoms in total. The molecule has 27 heavy (non-hydrogen) atoms. The van der Waals surface area contributed by atoms with Gasteiger partial charge in [-0.25, -0.2) is 0 Å². The van der Waals surface area contributed by atoms with Gasteiger partial charge in [0.15, 0.2) is 11.0 Å². The van der Waals surface area contributed by atoms with Crippen LogP contribution in [0.2, 0.25) is 0 Å². The van der Waals surface area contributed by atoms with E-state index in [9.17, 15) is 4.79 Å². The van der Waals surface area contributed by atoms with E-state index in [2.05, 4.69) is 22.4 Å². The Hall–Kier alpha value is -2.02.